The number of benzene rings is 1. The number of ketones is 1. The second-order valence-corrected chi connectivity index (χ2v) is 5.03. The van der Waals surface area contributed by atoms with Crippen LogP contribution in [0.4, 0.5) is 10.1 Å². The predicted octanol–water partition coefficient (Wildman–Crippen LogP) is 4.73. The van der Waals surface area contributed by atoms with Crippen molar-refractivity contribution in [3.8, 4) is 0 Å². The van der Waals surface area contributed by atoms with E-state index in [1.807, 2.05) is 0 Å². The SMILES string of the molecule is CCCCCCCCCC(=O)c1ccc(N)c(F)c1. The molecule has 0 atom stereocenters. The van der Waals surface area contributed by atoms with E-state index < -0.39 is 5.82 Å². The van der Waals surface area contributed by atoms with Gasteiger partial charge in [0.15, 0.2) is 5.78 Å². The summed E-state index contributed by atoms with van der Waals surface area (Å²) in [5.74, 6) is -0.502. The topological polar surface area (TPSA) is 43.1 Å². The highest BCUT2D eigenvalue weighted by atomic mass is 19.1. The minimum absolute atomic E-state index is 0.00691. The Bertz CT molecular complexity index is 404. The zero-order valence-electron chi connectivity index (χ0n) is 11.8. The normalized spacial score (nSPS) is 10.6. The van der Waals surface area contributed by atoms with E-state index in [-0.39, 0.29) is 11.5 Å². The Morgan fingerprint density at radius 2 is 1.74 bits per heavy atom. The minimum Gasteiger partial charge on any atom is -0.396 e. The van der Waals surface area contributed by atoms with E-state index in [1.54, 1.807) is 6.07 Å². The lowest BCUT2D eigenvalue weighted by Gasteiger charge is -2.03. The maximum absolute atomic E-state index is 13.2. The molecular formula is C16H24FNO. The summed E-state index contributed by atoms with van der Waals surface area (Å²) >= 11 is 0. The van der Waals surface area contributed by atoms with Crippen molar-refractivity contribution in [3.05, 3.63) is 29.6 Å². The average Bonchev–Trinajstić information content (AvgIpc) is 2.40. The van der Waals surface area contributed by atoms with Crippen molar-refractivity contribution in [2.45, 2.75) is 58.3 Å². The van der Waals surface area contributed by atoms with Crippen molar-refractivity contribution in [1.29, 1.82) is 0 Å². The van der Waals surface area contributed by atoms with Crippen molar-refractivity contribution >= 4 is 11.5 Å². The molecule has 0 amide bonds. The van der Waals surface area contributed by atoms with Crippen LogP contribution in [0, 0.1) is 5.82 Å². The maximum Gasteiger partial charge on any atom is 0.162 e. The number of hydrogen-bond donors (Lipinski definition) is 1. The molecule has 0 radical (unpaired) electrons. The van der Waals surface area contributed by atoms with Crippen LogP contribution in [0.2, 0.25) is 0 Å². The first kappa shape index (κ1) is 15.7. The third-order valence-corrected chi connectivity index (χ3v) is 3.33. The molecule has 1 aromatic rings. The number of Topliss-reactive ketones (excluding diaryl/α,β-unsaturated/α-hetero) is 1. The number of carbonyl (C=O) groups excluding carboxylic acids is 1. The molecule has 0 saturated heterocycles. The molecule has 3 heteroatoms. The summed E-state index contributed by atoms with van der Waals surface area (Å²) in [6, 6.07) is 4.29. The Morgan fingerprint density at radius 3 is 2.37 bits per heavy atom. The van der Waals surface area contributed by atoms with Gasteiger partial charge in [0.05, 0.1) is 5.69 Å². The zero-order valence-corrected chi connectivity index (χ0v) is 11.8. The van der Waals surface area contributed by atoms with Crippen LogP contribution in [0.5, 0.6) is 0 Å². The van der Waals surface area contributed by atoms with E-state index in [9.17, 15) is 9.18 Å². The lowest BCUT2D eigenvalue weighted by molar-refractivity contribution is 0.0978. The van der Waals surface area contributed by atoms with Crippen molar-refractivity contribution in [3.63, 3.8) is 0 Å². The van der Waals surface area contributed by atoms with Gasteiger partial charge in [0.2, 0.25) is 0 Å². The van der Waals surface area contributed by atoms with Gasteiger partial charge < -0.3 is 5.73 Å². The molecule has 0 aliphatic rings. The van der Waals surface area contributed by atoms with Gasteiger partial charge in [-0.2, -0.15) is 0 Å². The van der Waals surface area contributed by atoms with Gasteiger partial charge in [0, 0.05) is 12.0 Å². The fourth-order valence-corrected chi connectivity index (χ4v) is 2.09. The molecule has 0 aliphatic carbocycles. The number of halogens is 1. The molecule has 0 unspecified atom stereocenters. The highest BCUT2D eigenvalue weighted by Crippen LogP contribution is 2.15. The van der Waals surface area contributed by atoms with Crippen LogP contribution < -0.4 is 5.73 Å². The summed E-state index contributed by atoms with van der Waals surface area (Å²) < 4.78 is 13.2. The molecule has 1 rings (SSSR count). The maximum atomic E-state index is 13.2. The van der Waals surface area contributed by atoms with Gasteiger partial charge in [-0.15, -0.1) is 0 Å². The lowest BCUT2D eigenvalue weighted by Crippen LogP contribution is -2.01. The predicted molar refractivity (Wildman–Crippen MR) is 77.8 cm³/mol. The number of rotatable bonds is 9. The summed E-state index contributed by atoms with van der Waals surface area (Å²) in [5, 5.41) is 0. The van der Waals surface area contributed by atoms with E-state index in [4.69, 9.17) is 5.73 Å². The van der Waals surface area contributed by atoms with Gasteiger partial charge in [-0.25, -0.2) is 4.39 Å². The second kappa shape index (κ2) is 8.68. The molecule has 2 N–H and O–H groups in total. The minimum atomic E-state index is -0.509. The standard InChI is InChI=1S/C16H24FNO/c1-2-3-4-5-6-7-8-9-16(19)13-10-11-15(18)14(17)12-13/h10-12H,2-9,18H2,1H3. The Balaban J connectivity index is 2.22. The summed E-state index contributed by atoms with van der Waals surface area (Å²) in [5.41, 5.74) is 5.90. The zero-order chi connectivity index (χ0) is 14.1. The summed E-state index contributed by atoms with van der Waals surface area (Å²) in [6.45, 7) is 2.20. The molecule has 0 spiro atoms. The molecule has 2 nitrogen and oxygen atoms in total. The Hall–Kier alpha value is -1.38. The highest BCUT2D eigenvalue weighted by Gasteiger charge is 2.08. The van der Waals surface area contributed by atoms with E-state index in [0.717, 1.165) is 12.8 Å². The summed E-state index contributed by atoms with van der Waals surface area (Å²) in [4.78, 5) is 11.8. The van der Waals surface area contributed by atoms with Gasteiger partial charge in [0.25, 0.3) is 0 Å². The third-order valence-electron chi connectivity index (χ3n) is 3.33. The fraction of sp³-hybridized carbons (Fsp3) is 0.562. The van der Waals surface area contributed by atoms with Crippen molar-refractivity contribution in [1.82, 2.24) is 0 Å². The van der Waals surface area contributed by atoms with Crippen molar-refractivity contribution < 1.29 is 9.18 Å². The largest absolute Gasteiger partial charge is 0.396 e. The number of anilines is 1. The van der Waals surface area contributed by atoms with E-state index >= 15 is 0 Å². The summed E-state index contributed by atoms with van der Waals surface area (Å²) in [6.07, 6.45) is 8.72. The van der Waals surface area contributed by atoms with Crippen LogP contribution >= 0.6 is 0 Å². The monoisotopic (exact) mass is 265 g/mol. The molecule has 1 aromatic carbocycles. The van der Waals surface area contributed by atoms with Gasteiger partial charge in [-0.1, -0.05) is 45.4 Å². The lowest BCUT2D eigenvalue weighted by atomic mass is 10.0. The van der Waals surface area contributed by atoms with Crippen molar-refractivity contribution in [2.75, 3.05) is 5.73 Å². The van der Waals surface area contributed by atoms with Crippen LogP contribution in [-0.4, -0.2) is 5.78 Å². The quantitative estimate of drug-likeness (QED) is 0.398. The summed E-state index contributed by atoms with van der Waals surface area (Å²) in [7, 11) is 0. The smallest absolute Gasteiger partial charge is 0.162 e. The Kier molecular flexibility index (Phi) is 7.16. The molecule has 0 saturated carbocycles. The van der Waals surface area contributed by atoms with Crippen LogP contribution in [0.15, 0.2) is 18.2 Å². The molecule has 0 heterocycles. The third kappa shape index (κ3) is 5.86. The van der Waals surface area contributed by atoms with Crippen molar-refractivity contribution in [2.24, 2.45) is 0 Å². The fourth-order valence-electron chi connectivity index (χ4n) is 2.09. The van der Waals surface area contributed by atoms with E-state index in [0.29, 0.717) is 12.0 Å². The van der Waals surface area contributed by atoms with E-state index in [2.05, 4.69) is 6.92 Å². The molecular weight excluding hydrogens is 241 g/mol. The van der Waals surface area contributed by atoms with Crippen LogP contribution in [-0.2, 0) is 0 Å². The van der Waals surface area contributed by atoms with Crippen LogP contribution in [0.25, 0.3) is 0 Å². The Morgan fingerprint density at radius 1 is 1.11 bits per heavy atom. The van der Waals surface area contributed by atoms with Gasteiger partial charge in [-0.05, 0) is 24.6 Å². The molecule has 0 aromatic heterocycles. The molecule has 0 fully saturated rings. The molecule has 0 bridgehead atoms. The van der Waals surface area contributed by atoms with Crippen LogP contribution in [0.1, 0.15) is 68.6 Å². The average molecular weight is 265 g/mol. The number of unbranched alkanes of at least 4 members (excludes halogenated alkanes) is 6. The molecule has 0 aliphatic heterocycles. The number of nitrogens with two attached hydrogens (primary N) is 1. The first-order chi connectivity index (χ1) is 9.15. The Labute approximate surface area is 115 Å². The number of hydrogen-bond acceptors (Lipinski definition) is 2. The highest BCUT2D eigenvalue weighted by molar-refractivity contribution is 5.96. The van der Waals surface area contributed by atoms with Crippen LogP contribution in [0.3, 0.4) is 0 Å². The number of carbonyl (C=O) groups is 1. The molecule has 106 valence electrons. The first-order valence-corrected chi connectivity index (χ1v) is 7.23. The first-order valence-electron chi connectivity index (χ1n) is 7.23. The number of nitrogen functional groups attached to an aromatic ring is 1. The molecule has 19 heavy (non-hydrogen) atoms. The second-order valence-electron chi connectivity index (χ2n) is 5.03. The van der Waals surface area contributed by atoms with Gasteiger partial charge in [-0.3, -0.25) is 4.79 Å². The van der Waals surface area contributed by atoms with E-state index in [1.165, 1.54) is 44.2 Å². The van der Waals surface area contributed by atoms with Gasteiger partial charge in [0.1, 0.15) is 5.82 Å². The van der Waals surface area contributed by atoms with Gasteiger partial charge >= 0.3 is 0 Å².